The third-order valence-corrected chi connectivity index (χ3v) is 4.20. The van der Waals surface area contributed by atoms with E-state index in [1.807, 2.05) is 41.8 Å². The summed E-state index contributed by atoms with van der Waals surface area (Å²) in [5, 5.41) is 0. The molecule has 1 aliphatic rings. The Morgan fingerprint density at radius 1 is 1.15 bits per heavy atom. The van der Waals surface area contributed by atoms with Crippen molar-refractivity contribution in [1.82, 2.24) is 9.55 Å². The lowest BCUT2D eigenvalue weighted by Crippen LogP contribution is -2.38. The summed E-state index contributed by atoms with van der Waals surface area (Å²) in [6.45, 7) is -0.779. The van der Waals surface area contributed by atoms with Crippen LogP contribution < -0.4 is 9.64 Å². The average Bonchev–Trinajstić information content (AvgIpc) is 2.98. The summed E-state index contributed by atoms with van der Waals surface area (Å²) in [5.74, 6) is -0.0861. The van der Waals surface area contributed by atoms with E-state index in [0.717, 1.165) is 22.9 Å². The first-order valence-electron chi connectivity index (χ1n) is 8.24. The van der Waals surface area contributed by atoms with Gasteiger partial charge in [0.1, 0.15) is 5.82 Å². The van der Waals surface area contributed by atoms with Gasteiger partial charge in [-0.2, -0.15) is 8.78 Å². The molecular weight excluding hydrogens is 357 g/mol. The third-order valence-electron chi connectivity index (χ3n) is 4.20. The molecular formula is C19H15F3N4O. The first-order valence-corrected chi connectivity index (χ1v) is 8.24. The summed E-state index contributed by atoms with van der Waals surface area (Å²) in [7, 11) is 0. The van der Waals surface area contributed by atoms with E-state index in [1.54, 1.807) is 11.1 Å². The van der Waals surface area contributed by atoms with Crippen molar-refractivity contribution in [3.05, 3.63) is 66.4 Å². The van der Waals surface area contributed by atoms with Gasteiger partial charge in [0.2, 0.25) is 5.96 Å². The topological polar surface area (TPSA) is 42.7 Å². The summed E-state index contributed by atoms with van der Waals surface area (Å²) < 4.78 is 45.0. The monoisotopic (exact) mass is 372 g/mol. The lowest BCUT2D eigenvalue weighted by molar-refractivity contribution is -0.0521. The number of hydrogen-bond donors (Lipinski definition) is 0. The number of hydrogen-bond acceptors (Lipinski definition) is 4. The number of benzene rings is 2. The van der Waals surface area contributed by atoms with Crippen LogP contribution in [0.1, 0.15) is 5.82 Å². The van der Waals surface area contributed by atoms with Crippen LogP contribution in [-0.2, 0) is 0 Å². The molecule has 0 fully saturated rings. The molecule has 0 radical (unpaired) electrons. The molecule has 27 heavy (non-hydrogen) atoms. The first kappa shape index (κ1) is 17.1. The van der Waals surface area contributed by atoms with Gasteiger partial charge in [0.05, 0.1) is 11.0 Å². The molecule has 0 spiro atoms. The number of ether oxygens (including phenoxy) is 1. The van der Waals surface area contributed by atoms with Gasteiger partial charge in [-0.3, -0.25) is 4.57 Å². The summed E-state index contributed by atoms with van der Waals surface area (Å²) in [5.41, 5.74) is 2.15. The molecule has 1 aliphatic heterocycles. The van der Waals surface area contributed by atoms with E-state index in [-0.39, 0.29) is 0 Å². The van der Waals surface area contributed by atoms with Crippen LogP contribution in [0.3, 0.4) is 0 Å². The summed E-state index contributed by atoms with van der Waals surface area (Å²) in [4.78, 5) is 10.8. The lowest BCUT2D eigenvalue weighted by atomic mass is 10.2. The van der Waals surface area contributed by atoms with Crippen molar-refractivity contribution in [1.29, 1.82) is 0 Å². The number of imidazole rings is 1. The molecule has 0 saturated heterocycles. The highest BCUT2D eigenvalue weighted by molar-refractivity contribution is 6.03. The van der Waals surface area contributed by atoms with Crippen molar-refractivity contribution in [2.45, 2.75) is 13.5 Å². The molecule has 2 heterocycles. The van der Waals surface area contributed by atoms with Gasteiger partial charge in [-0.05, 0) is 37.3 Å². The Bertz CT molecular complexity index is 1060. The predicted molar refractivity (Wildman–Crippen MR) is 96.8 cm³/mol. The molecule has 2 aromatic carbocycles. The van der Waals surface area contributed by atoms with E-state index in [0.29, 0.717) is 18.2 Å². The minimum absolute atomic E-state index is 0.444. The highest BCUT2D eigenvalue weighted by Gasteiger charge is 2.22. The van der Waals surface area contributed by atoms with Gasteiger partial charge in [-0.25, -0.2) is 14.4 Å². The van der Waals surface area contributed by atoms with E-state index in [1.165, 1.54) is 12.1 Å². The van der Waals surface area contributed by atoms with Crippen LogP contribution in [-0.4, -0.2) is 28.7 Å². The second-order valence-corrected chi connectivity index (χ2v) is 5.90. The van der Waals surface area contributed by atoms with Gasteiger partial charge in [0.15, 0.2) is 11.6 Å². The fourth-order valence-electron chi connectivity index (χ4n) is 3.07. The summed E-state index contributed by atoms with van der Waals surface area (Å²) >= 11 is 0. The van der Waals surface area contributed by atoms with E-state index < -0.39 is 18.2 Å². The molecule has 8 heteroatoms. The maximum atomic E-state index is 14.2. The maximum Gasteiger partial charge on any atom is 0.387 e. The molecule has 3 aromatic rings. The van der Waals surface area contributed by atoms with Crippen molar-refractivity contribution < 1.29 is 17.9 Å². The number of aryl methyl sites for hydroxylation is 1. The fourth-order valence-corrected chi connectivity index (χ4v) is 3.07. The van der Waals surface area contributed by atoms with Crippen LogP contribution in [0.15, 0.2) is 59.7 Å². The normalized spacial score (nSPS) is 14.1. The zero-order chi connectivity index (χ0) is 19.0. The molecule has 0 bridgehead atoms. The van der Waals surface area contributed by atoms with E-state index in [9.17, 15) is 13.2 Å². The molecule has 5 nitrogen and oxygen atoms in total. The minimum atomic E-state index is -3.08. The molecule has 4 rings (SSSR count). The van der Waals surface area contributed by atoms with Gasteiger partial charge in [0.25, 0.3) is 0 Å². The van der Waals surface area contributed by atoms with Gasteiger partial charge < -0.3 is 9.64 Å². The second-order valence-electron chi connectivity index (χ2n) is 5.90. The number of alkyl halides is 2. The summed E-state index contributed by atoms with van der Waals surface area (Å²) in [6.07, 6.45) is 3.49. The van der Waals surface area contributed by atoms with Crippen LogP contribution in [0.5, 0.6) is 5.75 Å². The highest BCUT2D eigenvalue weighted by atomic mass is 19.3. The van der Waals surface area contributed by atoms with E-state index >= 15 is 0 Å². The van der Waals surface area contributed by atoms with Crippen molar-refractivity contribution in [3.8, 4) is 5.75 Å². The molecule has 0 unspecified atom stereocenters. The molecule has 138 valence electrons. The zero-order valence-corrected chi connectivity index (χ0v) is 14.3. The van der Waals surface area contributed by atoms with Gasteiger partial charge >= 0.3 is 6.61 Å². The number of para-hydroxylation sites is 2. The molecule has 0 saturated carbocycles. The van der Waals surface area contributed by atoms with Crippen LogP contribution >= 0.6 is 0 Å². The smallest absolute Gasteiger partial charge is 0.387 e. The molecule has 0 atom stereocenters. The van der Waals surface area contributed by atoms with E-state index in [2.05, 4.69) is 14.7 Å². The number of aromatic nitrogens is 2. The Balaban J connectivity index is 1.77. The van der Waals surface area contributed by atoms with Crippen molar-refractivity contribution >= 4 is 22.7 Å². The van der Waals surface area contributed by atoms with Gasteiger partial charge in [0, 0.05) is 24.5 Å². The Hall–Kier alpha value is -3.29. The number of nitrogens with zero attached hydrogens (tertiary/aromatic N) is 4. The van der Waals surface area contributed by atoms with Crippen molar-refractivity contribution in [2.24, 2.45) is 4.99 Å². The summed E-state index contributed by atoms with van der Waals surface area (Å²) in [6, 6.07) is 11.5. The van der Waals surface area contributed by atoms with Crippen LogP contribution in [0, 0.1) is 12.7 Å². The number of aliphatic imine (C=N–C) groups is 1. The van der Waals surface area contributed by atoms with Crippen LogP contribution in [0.2, 0.25) is 0 Å². The fraction of sp³-hybridized carbons (Fsp3) is 0.158. The molecule has 1 aromatic heterocycles. The first-order chi connectivity index (χ1) is 13.0. The quantitative estimate of drug-likeness (QED) is 0.688. The average molecular weight is 372 g/mol. The lowest BCUT2D eigenvalue weighted by Gasteiger charge is -2.28. The van der Waals surface area contributed by atoms with Crippen LogP contribution in [0.25, 0.3) is 11.0 Å². The third kappa shape index (κ3) is 3.14. The Morgan fingerprint density at radius 3 is 2.74 bits per heavy atom. The van der Waals surface area contributed by atoms with Crippen molar-refractivity contribution in [3.63, 3.8) is 0 Å². The van der Waals surface area contributed by atoms with E-state index in [4.69, 9.17) is 0 Å². The molecule has 0 amide bonds. The number of anilines is 1. The second kappa shape index (κ2) is 6.79. The standard InChI is InChI=1S/C19H15F3N4O/c1-12-24-15-5-2-3-6-16(15)26(12)19-23-9-4-10-25(19)13-7-8-17(14(20)11-13)27-18(21)22/h2-9,11,18H,10H2,1H3. The SMILES string of the molecule is Cc1nc2ccccc2n1C1=NC=CCN1c1ccc(OC(F)F)c(F)c1. The Kier molecular flexibility index (Phi) is 4.31. The van der Waals surface area contributed by atoms with Crippen LogP contribution in [0.4, 0.5) is 18.9 Å². The zero-order valence-electron chi connectivity index (χ0n) is 14.3. The Morgan fingerprint density at radius 2 is 1.96 bits per heavy atom. The highest BCUT2D eigenvalue weighted by Crippen LogP contribution is 2.27. The Labute approximate surface area is 153 Å². The molecule has 0 aliphatic carbocycles. The molecule has 0 N–H and O–H groups in total. The number of halogens is 3. The van der Waals surface area contributed by atoms with Gasteiger partial charge in [-0.15, -0.1) is 0 Å². The minimum Gasteiger partial charge on any atom is -0.432 e. The number of fused-ring (bicyclic) bond motifs is 1. The largest absolute Gasteiger partial charge is 0.432 e. The van der Waals surface area contributed by atoms with Gasteiger partial charge in [-0.1, -0.05) is 12.1 Å². The predicted octanol–water partition coefficient (Wildman–Crippen LogP) is 4.32. The maximum absolute atomic E-state index is 14.2. The number of rotatable bonds is 3. The van der Waals surface area contributed by atoms with Crippen molar-refractivity contribution in [2.75, 3.05) is 11.4 Å².